The summed E-state index contributed by atoms with van der Waals surface area (Å²) in [6, 6.07) is 1.31. The third-order valence-corrected chi connectivity index (χ3v) is 4.78. The summed E-state index contributed by atoms with van der Waals surface area (Å²) in [5, 5.41) is 3.66. The molecule has 0 aliphatic heterocycles. The minimum atomic E-state index is 0.657. The van der Waals surface area contributed by atoms with Crippen LogP contribution in [0.15, 0.2) is 12.4 Å². The average Bonchev–Trinajstić information content (AvgIpc) is 3.02. The number of nitrogens with zero attached hydrogens (tertiary/aromatic N) is 2. The SMILES string of the molecule is CC1CCCCC1n1ccnc1NC1CCCC1. The summed E-state index contributed by atoms with van der Waals surface area (Å²) in [5.74, 6) is 1.90. The van der Waals surface area contributed by atoms with Crippen molar-refractivity contribution in [3.05, 3.63) is 12.4 Å². The van der Waals surface area contributed by atoms with Gasteiger partial charge in [-0.25, -0.2) is 4.98 Å². The number of imidazole rings is 1. The van der Waals surface area contributed by atoms with Crippen LogP contribution in [-0.4, -0.2) is 15.6 Å². The van der Waals surface area contributed by atoms with Crippen molar-refractivity contribution in [1.29, 1.82) is 0 Å². The summed E-state index contributed by atoms with van der Waals surface area (Å²) in [4.78, 5) is 4.54. The van der Waals surface area contributed by atoms with Gasteiger partial charge in [0.1, 0.15) is 0 Å². The molecule has 2 aliphatic rings. The van der Waals surface area contributed by atoms with E-state index in [9.17, 15) is 0 Å². The first kappa shape index (κ1) is 12.1. The molecule has 100 valence electrons. The molecule has 1 heterocycles. The molecule has 1 N–H and O–H groups in total. The van der Waals surface area contributed by atoms with Crippen molar-refractivity contribution in [2.45, 2.75) is 70.4 Å². The van der Waals surface area contributed by atoms with E-state index in [0.29, 0.717) is 12.1 Å². The fraction of sp³-hybridized carbons (Fsp3) is 0.800. The Hall–Kier alpha value is -0.990. The van der Waals surface area contributed by atoms with E-state index in [1.807, 2.05) is 6.20 Å². The Labute approximate surface area is 110 Å². The number of nitrogens with one attached hydrogen (secondary N) is 1. The molecule has 0 spiro atoms. The van der Waals surface area contributed by atoms with Gasteiger partial charge >= 0.3 is 0 Å². The van der Waals surface area contributed by atoms with Crippen molar-refractivity contribution in [2.75, 3.05) is 5.32 Å². The Bertz CT molecular complexity index is 379. The number of hydrogen-bond acceptors (Lipinski definition) is 2. The zero-order chi connectivity index (χ0) is 12.4. The maximum Gasteiger partial charge on any atom is 0.203 e. The second-order valence-electron chi connectivity index (χ2n) is 6.11. The molecule has 2 aliphatic carbocycles. The fourth-order valence-electron chi connectivity index (χ4n) is 3.66. The topological polar surface area (TPSA) is 29.9 Å². The molecule has 3 nitrogen and oxygen atoms in total. The van der Waals surface area contributed by atoms with Gasteiger partial charge in [-0.05, 0) is 31.6 Å². The minimum absolute atomic E-state index is 0.657. The molecule has 2 saturated carbocycles. The van der Waals surface area contributed by atoms with Crippen molar-refractivity contribution in [3.63, 3.8) is 0 Å². The van der Waals surface area contributed by atoms with E-state index in [2.05, 4.69) is 28.0 Å². The summed E-state index contributed by atoms with van der Waals surface area (Å²) in [6.07, 6.45) is 15.0. The van der Waals surface area contributed by atoms with E-state index in [-0.39, 0.29) is 0 Å². The number of hydrogen-bond donors (Lipinski definition) is 1. The smallest absolute Gasteiger partial charge is 0.203 e. The molecule has 2 atom stereocenters. The van der Waals surface area contributed by atoms with E-state index in [0.717, 1.165) is 11.9 Å². The number of anilines is 1. The Kier molecular flexibility index (Phi) is 3.57. The Morgan fingerprint density at radius 1 is 1.11 bits per heavy atom. The standard InChI is InChI=1S/C15H25N3/c1-12-6-2-5-9-14(12)18-11-10-16-15(18)17-13-7-3-4-8-13/h10-14H,2-9H2,1H3,(H,16,17). The van der Waals surface area contributed by atoms with Crippen molar-refractivity contribution < 1.29 is 0 Å². The van der Waals surface area contributed by atoms with Crippen LogP contribution in [0.2, 0.25) is 0 Å². The molecule has 2 unspecified atom stereocenters. The molecule has 0 amide bonds. The number of aromatic nitrogens is 2. The highest BCUT2D eigenvalue weighted by Gasteiger charge is 2.25. The van der Waals surface area contributed by atoms with Gasteiger partial charge in [-0.3, -0.25) is 0 Å². The van der Waals surface area contributed by atoms with Crippen molar-refractivity contribution in [2.24, 2.45) is 5.92 Å². The van der Waals surface area contributed by atoms with Gasteiger partial charge in [0, 0.05) is 24.5 Å². The van der Waals surface area contributed by atoms with E-state index >= 15 is 0 Å². The molecule has 0 saturated heterocycles. The highest BCUT2D eigenvalue weighted by atomic mass is 15.2. The lowest BCUT2D eigenvalue weighted by Crippen LogP contribution is -2.24. The zero-order valence-corrected chi connectivity index (χ0v) is 11.4. The normalized spacial score (nSPS) is 29.6. The van der Waals surface area contributed by atoms with Gasteiger partial charge in [-0.1, -0.05) is 32.6 Å². The first-order chi connectivity index (χ1) is 8.84. The largest absolute Gasteiger partial charge is 0.353 e. The predicted molar refractivity (Wildman–Crippen MR) is 74.8 cm³/mol. The van der Waals surface area contributed by atoms with Gasteiger partial charge in [0.15, 0.2) is 0 Å². The van der Waals surface area contributed by atoms with E-state index < -0.39 is 0 Å². The first-order valence-corrected chi connectivity index (χ1v) is 7.64. The van der Waals surface area contributed by atoms with Crippen molar-refractivity contribution in [1.82, 2.24) is 9.55 Å². The van der Waals surface area contributed by atoms with Crippen LogP contribution in [0, 0.1) is 5.92 Å². The summed E-state index contributed by atoms with van der Waals surface area (Å²) < 4.78 is 2.40. The van der Waals surface area contributed by atoms with Gasteiger partial charge in [-0.15, -0.1) is 0 Å². The van der Waals surface area contributed by atoms with Crippen LogP contribution in [0.25, 0.3) is 0 Å². The average molecular weight is 247 g/mol. The van der Waals surface area contributed by atoms with Gasteiger partial charge in [-0.2, -0.15) is 0 Å². The molecule has 3 heteroatoms. The lowest BCUT2D eigenvalue weighted by Gasteiger charge is -2.31. The highest BCUT2D eigenvalue weighted by molar-refractivity contribution is 5.29. The van der Waals surface area contributed by atoms with Crippen LogP contribution < -0.4 is 5.32 Å². The summed E-state index contributed by atoms with van der Waals surface area (Å²) in [7, 11) is 0. The molecule has 2 fully saturated rings. The molecule has 1 aromatic heterocycles. The molecule has 0 bridgehead atoms. The summed E-state index contributed by atoms with van der Waals surface area (Å²) >= 11 is 0. The fourth-order valence-corrected chi connectivity index (χ4v) is 3.66. The molecular formula is C15H25N3. The number of rotatable bonds is 3. The molecule has 0 aromatic carbocycles. The second-order valence-corrected chi connectivity index (χ2v) is 6.11. The Balaban J connectivity index is 1.73. The van der Waals surface area contributed by atoms with Crippen LogP contribution >= 0.6 is 0 Å². The van der Waals surface area contributed by atoms with E-state index in [1.165, 1.54) is 51.4 Å². The zero-order valence-electron chi connectivity index (χ0n) is 11.4. The van der Waals surface area contributed by atoms with Crippen LogP contribution in [0.3, 0.4) is 0 Å². The molecule has 18 heavy (non-hydrogen) atoms. The molecular weight excluding hydrogens is 222 g/mol. The lowest BCUT2D eigenvalue weighted by atomic mass is 9.86. The third kappa shape index (κ3) is 2.40. The quantitative estimate of drug-likeness (QED) is 0.875. The molecule has 3 rings (SSSR count). The Morgan fingerprint density at radius 2 is 1.83 bits per heavy atom. The van der Waals surface area contributed by atoms with Gasteiger partial charge in [0.2, 0.25) is 5.95 Å². The predicted octanol–water partition coefficient (Wildman–Crippen LogP) is 3.99. The van der Waals surface area contributed by atoms with Gasteiger partial charge < -0.3 is 9.88 Å². The minimum Gasteiger partial charge on any atom is -0.353 e. The Morgan fingerprint density at radius 3 is 2.61 bits per heavy atom. The summed E-state index contributed by atoms with van der Waals surface area (Å²) in [5.41, 5.74) is 0. The van der Waals surface area contributed by atoms with Crippen LogP contribution in [0.4, 0.5) is 5.95 Å². The van der Waals surface area contributed by atoms with E-state index in [1.54, 1.807) is 0 Å². The van der Waals surface area contributed by atoms with Crippen LogP contribution in [0.5, 0.6) is 0 Å². The second kappa shape index (κ2) is 5.33. The van der Waals surface area contributed by atoms with Gasteiger partial charge in [0.05, 0.1) is 0 Å². The molecule has 0 radical (unpaired) electrons. The van der Waals surface area contributed by atoms with Crippen LogP contribution in [0.1, 0.15) is 64.3 Å². The van der Waals surface area contributed by atoms with Crippen LogP contribution in [-0.2, 0) is 0 Å². The summed E-state index contributed by atoms with van der Waals surface area (Å²) in [6.45, 7) is 2.39. The maximum atomic E-state index is 4.54. The lowest BCUT2D eigenvalue weighted by molar-refractivity contribution is 0.259. The van der Waals surface area contributed by atoms with Gasteiger partial charge in [0.25, 0.3) is 0 Å². The monoisotopic (exact) mass is 247 g/mol. The highest BCUT2D eigenvalue weighted by Crippen LogP contribution is 2.35. The van der Waals surface area contributed by atoms with Crippen molar-refractivity contribution >= 4 is 5.95 Å². The first-order valence-electron chi connectivity index (χ1n) is 7.64. The van der Waals surface area contributed by atoms with E-state index in [4.69, 9.17) is 0 Å². The third-order valence-electron chi connectivity index (χ3n) is 4.78. The maximum absolute atomic E-state index is 4.54. The molecule has 1 aromatic rings. The van der Waals surface area contributed by atoms with Crippen molar-refractivity contribution in [3.8, 4) is 0 Å².